The highest BCUT2D eigenvalue weighted by atomic mass is 32.1. The highest BCUT2D eigenvalue weighted by Gasteiger charge is 2.24. The molecular weight excluding hydrogens is 284 g/mol. The van der Waals surface area contributed by atoms with Crippen molar-refractivity contribution in [3.63, 3.8) is 0 Å². The van der Waals surface area contributed by atoms with Crippen molar-refractivity contribution in [3.05, 3.63) is 47.3 Å². The van der Waals surface area contributed by atoms with Gasteiger partial charge in [-0.1, -0.05) is 30.3 Å². The number of nitrogens with zero attached hydrogens (tertiary/aromatic N) is 1. The molecule has 1 amide bonds. The maximum absolute atomic E-state index is 11.2. The average molecular weight is 302 g/mol. The van der Waals surface area contributed by atoms with E-state index in [1.165, 1.54) is 15.3 Å². The van der Waals surface area contributed by atoms with Gasteiger partial charge in [-0.25, -0.2) is 0 Å². The second kappa shape index (κ2) is 6.39. The van der Waals surface area contributed by atoms with E-state index in [0.717, 1.165) is 13.1 Å². The predicted molar refractivity (Wildman–Crippen MR) is 84.0 cm³/mol. The van der Waals surface area contributed by atoms with Crippen LogP contribution in [0.5, 0.6) is 0 Å². The molecule has 2 N–H and O–H groups in total. The third kappa shape index (κ3) is 3.50. The SMILES string of the molecule is NC(=O)C1CN(Cc2ccc(-c3ccccc3)s2)CCO1. The van der Waals surface area contributed by atoms with Crippen molar-refractivity contribution >= 4 is 17.2 Å². The van der Waals surface area contributed by atoms with Gasteiger partial charge in [0, 0.05) is 29.4 Å². The van der Waals surface area contributed by atoms with Gasteiger partial charge < -0.3 is 10.5 Å². The average Bonchev–Trinajstić information content (AvgIpc) is 2.97. The second-order valence-corrected chi connectivity index (χ2v) is 6.30. The first-order valence-corrected chi connectivity index (χ1v) is 7.81. The van der Waals surface area contributed by atoms with E-state index in [0.29, 0.717) is 13.2 Å². The Morgan fingerprint density at radius 1 is 1.29 bits per heavy atom. The number of nitrogens with two attached hydrogens (primary N) is 1. The summed E-state index contributed by atoms with van der Waals surface area (Å²) in [5, 5.41) is 0. The van der Waals surface area contributed by atoms with Crippen LogP contribution >= 0.6 is 11.3 Å². The van der Waals surface area contributed by atoms with Gasteiger partial charge in [0.05, 0.1) is 6.61 Å². The lowest BCUT2D eigenvalue weighted by Crippen LogP contribution is -2.47. The van der Waals surface area contributed by atoms with E-state index in [2.05, 4.69) is 29.2 Å². The summed E-state index contributed by atoms with van der Waals surface area (Å²) in [5.41, 5.74) is 6.56. The first-order chi connectivity index (χ1) is 10.2. The van der Waals surface area contributed by atoms with Crippen molar-refractivity contribution in [1.82, 2.24) is 4.90 Å². The summed E-state index contributed by atoms with van der Waals surface area (Å²) in [6.07, 6.45) is -0.479. The molecular formula is C16H18N2O2S. The number of rotatable bonds is 4. The first-order valence-electron chi connectivity index (χ1n) is 7.00. The van der Waals surface area contributed by atoms with Crippen LogP contribution in [-0.4, -0.2) is 36.6 Å². The number of hydrogen-bond donors (Lipinski definition) is 1. The van der Waals surface area contributed by atoms with E-state index in [-0.39, 0.29) is 5.91 Å². The zero-order chi connectivity index (χ0) is 14.7. The summed E-state index contributed by atoms with van der Waals surface area (Å²) in [6, 6.07) is 14.7. The van der Waals surface area contributed by atoms with Crippen LogP contribution in [0.3, 0.4) is 0 Å². The Labute approximate surface area is 128 Å². The van der Waals surface area contributed by atoms with Gasteiger partial charge in [-0.05, 0) is 17.7 Å². The van der Waals surface area contributed by atoms with Crippen LogP contribution in [-0.2, 0) is 16.1 Å². The van der Waals surface area contributed by atoms with Gasteiger partial charge in [0.15, 0.2) is 0 Å². The van der Waals surface area contributed by atoms with E-state index < -0.39 is 6.10 Å². The molecule has 1 aromatic carbocycles. The van der Waals surface area contributed by atoms with Crippen molar-refractivity contribution in [2.45, 2.75) is 12.6 Å². The molecule has 2 aromatic rings. The van der Waals surface area contributed by atoms with Crippen LogP contribution in [0.4, 0.5) is 0 Å². The lowest BCUT2D eigenvalue weighted by atomic mass is 10.2. The maximum Gasteiger partial charge on any atom is 0.247 e. The fraction of sp³-hybridized carbons (Fsp3) is 0.312. The molecule has 1 aromatic heterocycles. The minimum Gasteiger partial charge on any atom is -0.367 e. The van der Waals surface area contributed by atoms with Crippen LogP contribution < -0.4 is 5.73 Å². The smallest absolute Gasteiger partial charge is 0.247 e. The van der Waals surface area contributed by atoms with Crippen LogP contribution in [0.25, 0.3) is 10.4 Å². The molecule has 0 aliphatic carbocycles. The van der Waals surface area contributed by atoms with Gasteiger partial charge in [0.25, 0.3) is 0 Å². The van der Waals surface area contributed by atoms with Crippen molar-refractivity contribution in [3.8, 4) is 10.4 Å². The van der Waals surface area contributed by atoms with Gasteiger partial charge in [0.2, 0.25) is 5.91 Å². The molecule has 0 radical (unpaired) electrons. The Morgan fingerprint density at radius 2 is 2.10 bits per heavy atom. The molecule has 2 heterocycles. The van der Waals surface area contributed by atoms with Gasteiger partial charge >= 0.3 is 0 Å². The zero-order valence-corrected chi connectivity index (χ0v) is 12.5. The molecule has 0 saturated carbocycles. The molecule has 1 saturated heterocycles. The van der Waals surface area contributed by atoms with Crippen molar-refractivity contribution in [2.75, 3.05) is 19.7 Å². The second-order valence-electron chi connectivity index (χ2n) is 5.13. The largest absolute Gasteiger partial charge is 0.367 e. The summed E-state index contributed by atoms with van der Waals surface area (Å²) < 4.78 is 5.37. The van der Waals surface area contributed by atoms with Crippen molar-refractivity contribution < 1.29 is 9.53 Å². The molecule has 0 spiro atoms. The fourth-order valence-electron chi connectivity index (χ4n) is 2.46. The monoisotopic (exact) mass is 302 g/mol. The number of ether oxygens (including phenoxy) is 1. The Bertz CT molecular complexity index is 612. The third-order valence-corrected chi connectivity index (χ3v) is 4.69. The van der Waals surface area contributed by atoms with Gasteiger partial charge in [-0.3, -0.25) is 9.69 Å². The Kier molecular flexibility index (Phi) is 4.34. The Morgan fingerprint density at radius 3 is 2.86 bits per heavy atom. The zero-order valence-electron chi connectivity index (χ0n) is 11.7. The summed E-state index contributed by atoms with van der Waals surface area (Å²) in [7, 11) is 0. The van der Waals surface area contributed by atoms with E-state index >= 15 is 0 Å². The third-order valence-electron chi connectivity index (χ3n) is 3.57. The highest BCUT2D eigenvalue weighted by molar-refractivity contribution is 7.15. The van der Waals surface area contributed by atoms with E-state index in [1.807, 2.05) is 18.2 Å². The number of morpholine rings is 1. The quantitative estimate of drug-likeness (QED) is 0.941. The number of thiophene rings is 1. The van der Waals surface area contributed by atoms with E-state index in [4.69, 9.17) is 10.5 Å². The summed E-state index contributed by atoms with van der Waals surface area (Å²) in [4.78, 5) is 16.0. The molecule has 4 nitrogen and oxygen atoms in total. The highest BCUT2D eigenvalue weighted by Crippen LogP contribution is 2.28. The normalized spacial score (nSPS) is 19.5. The van der Waals surface area contributed by atoms with Crippen LogP contribution in [0.2, 0.25) is 0 Å². The van der Waals surface area contributed by atoms with Crippen molar-refractivity contribution in [2.24, 2.45) is 5.73 Å². The van der Waals surface area contributed by atoms with Gasteiger partial charge in [0.1, 0.15) is 6.10 Å². The molecule has 0 bridgehead atoms. The lowest BCUT2D eigenvalue weighted by Gasteiger charge is -2.30. The number of primary amides is 1. The number of benzene rings is 1. The summed E-state index contributed by atoms with van der Waals surface area (Å²) >= 11 is 1.79. The topological polar surface area (TPSA) is 55.6 Å². The van der Waals surface area contributed by atoms with Gasteiger partial charge in [-0.15, -0.1) is 11.3 Å². The lowest BCUT2D eigenvalue weighted by molar-refractivity contribution is -0.135. The first kappa shape index (κ1) is 14.3. The standard InChI is InChI=1S/C16H18N2O2S/c17-16(19)14-11-18(8-9-20-14)10-13-6-7-15(21-13)12-4-2-1-3-5-12/h1-7,14H,8-11H2,(H2,17,19). The number of carbonyl (C=O) groups excluding carboxylic acids is 1. The summed E-state index contributed by atoms with van der Waals surface area (Å²) in [6.45, 7) is 2.81. The minimum absolute atomic E-state index is 0.379. The molecule has 1 aliphatic heterocycles. The van der Waals surface area contributed by atoms with Gasteiger partial charge in [-0.2, -0.15) is 0 Å². The molecule has 1 aliphatic rings. The predicted octanol–water partition coefficient (Wildman–Crippen LogP) is 2.10. The number of carbonyl (C=O) groups is 1. The van der Waals surface area contributed by atoms with Crippen LogP contribution in [0.15, 0.2) is 42.5 Å². The van der Waals surface area contributed by atoms with Crippen molar-refractivity contribution in [1.29, 1.82) is 0 Å². The minimum atomic E-state index is -0.479. The number of amides is 1. The molecule has 3 rings (SSSR count). The molecule has 1 fully saturated rings. The van der Waals surface area contributed by atoms with Crippen LogP contribution in [0, 0.1) is 0 Å². The maximum atomic E-state index is 11.2. The molecule has 21 heavy (non-hydrogen) atoms. The molecule has 1 unspecified atom stereocenters. The fourth-order valence-corrected chi connectivity index (χ4v) is 3.51. The Balaban J connectivity index is 1.66. The summed E-state index contributed by atoms with van der Waals surface area (Å²) in [5.74, 6) is -0.379. The van der Waals surface area contributed by atoms with Crippen LogP contribution in [0.1, 0.15) is 4.88 Å². The molecule has 5 heteroatoms. The Hall–Kier alpha value is -1.69. The number of hydrogen-bond acceptors (Lipinski definition) is 4. The molecule has 1 atom stereocenters. The van der Waals surface area contributed by atoms with E-state index in [1.54, 1.807) is 11.3 Å². The van der Waals surface area contributed by atoms with E-state index in [9.17, 15) is 4.79 Å². The molecule has 110 valence electrons.